The van der Waals surface area contributed by atoms with Crippen molar-refractivity contribution in [2.24, 2.45) is 0 Å². The summed E-state index contributed by atoms with van der Waals surface area (Å²) in [5.74, 6) is -0.103. The van der Waals surface area contributed by atoms with Crippen LogP contribution in [0.15, 0.2) is 24.3 Å². The molecule has 0 fully saturated rings. The normalized spacial score (nSPS) is 12.7. The molecule has 1 N–H and O–H groups in total. The van der Waals surface area contributed by atoms with Crippen molar-refractivity contribution in [1.29, 1.82) is 0 Å². The lowest BCUT2D eigenvalue weighted by Crippen LogP contribution is -2.22. The zero-order chi connectivity index (χ0) is 11.1. The molecule has 0 radical (unpaired) electrons. The summed E-state index contributed by atoms with van der Waals surface area (Å²) in [4.78, 5) is 0. The van der Waals surface area contributed by atoms with Crippen molar-refractivity contribution in [3.8, 4) is 0 Å². The summed E-state index contributed by atoms with van der Waals surface area (Å²) in [5, 5.41) is 3.39. The lowest BCUT2D eigenvalue weighted by Gasteiger charge is -2.17. The van der Waals surface area contributed by atoms with Gasteiger partial charge in [0, 0.05) is 11.6 Å². The molecule has 0 aliphatic carbocycles. The number of benzene rings is 1. The van der Waals surface area contributed by atoms with Gasteiger partial charge in [0.25, 0.3) is 0 Å². The van der Waals surface area contributed by atoms with E-state index in [2.05, 4.69) is 19.2 Å². The highest BCUT2D eigenvalue weighted by atomic mass is 19.1. The molecule has 0 amide bonds. The quantitative estimate of drug-likeness (QED) is 0.705. The summed E-state index contributed by atoms with van der Waals surface area (Å²) in [7, 11) is 0. The van der Waals surface area contributed by atoms with Crippen LogP contribution in [0.4, 0.5) is 4.39 Å². The van der Waals surface area contributed by atoms with Crippen molar-refractivity contribution in [2.45, 2.75) is 39.2 Å². The highest BCUT2D eigenvalue weighted by Crippen LogP contribution is 2.19. The van der Waals surface area contributed by atoms with Crippen LogP contribution in [0.1, 0.15) is 44.7 Å². The van der Waals surface area contributed by atoms with E-state index >= 15 is 0 Å². The average Bonchev–Trinajstić information content (AvgIpc) is 2.26. The van der Waals surface area contributed by atoms with Gasteiger partial charge in [0.15, 0.2) is 0 Å². The fourth-order valence-corrected chi connectivity index (χ4v) is 1.68. The number of hydrogen-bond donors (Lipinski definition) is 1. The predicted octanol–water partition coefficient (Wildman–Crippen LogP) is 3.67. The second-order valence-corrected chi connectivity index (χ2v) is 3.79. The first-order chi connectivity index (χ1) is 7.29. The van der Waals surface area contributed by atoms with E-state index in [-0.39, 0.29) is 11.9 Å². The van der Waals surface area contributed by atoms with Crippen molar-refractivity contribution in [2.75, 3.05) is 6.54 Å². The monoisotopic (exact) mass is 209 g/mol. The van der Waals surface area contributed by atoms with Crippen molar-refractivity contribution in [3.63, 3.8) is 0 Å². The molecule has 0 heterocycles. The van der Waals surface area contributed by atoms with Gasteiger partial charge in [-0.15, -0.1) is 0 Å². The van der Waals surface area contributed by atoms with Crippen molar-refractivity contribution in [3.05, 3.63) is 35.6 Å². The van der Waals surface area contributed by atoms with E-state index in [1.54, 1.807) is 6.07 Å². The third-order valence-corrected chi connectivity index (χ3v) is 2.61. The van der Waals surface area contributed by atoms with Gasteiger partial charge >= 0.3 is 0 Å². The van der Waals surface area contributed by atoms with E-state index in [9.17, 15) is 4.39 Å². The molecule has 15 heavy (non-hydrogen) atoms. The lowest BCUT2D eigenvalue weighted by atomic mass is 10.0. The summed E-state index contributed by atoms with van der Waals surface area (Å²) in [6.45, 7) is 5.20. The van der Waals surface area contributed by atoms with Crippen LogP contribution in [0, 0.1) is 5.82 Å². The highest BCUT2D eigenvalue weighted by molar-refractivity contribution is 5.20. The minimum Gasteiger partial charge on any atom is -0.310 e. The third kappa shape index (κ3) is 3.63. The third-order valence-electron chi connectivity index (χ3n) is 2.61. The first-order valence-electron chi connectivity index (χ1n) is 5.77. The average molecular weight is 209 g/mol. The summed E-state index contributed by atoms with van der Waals surface area (Å²) in [6, 6.07) is 7.17. The van der Waals surface area contributed by atoms with Crippen LogP contribution in [0.2, 0.25) is 0 Å². The Kier molecular flexibility index (Phi) is 5.33. The molecule has 1 aromatic rings. The maximum Gasteiger partial charge on any atom is 0.127 e. The molecule has 1 nitrogen and oxygen atoms in total. The molecule has 1 rings (SSSR count). The Morgan fingerprint density at radius 1 is 1.27 bits per heavy atom. The standard InChI is InChI=1S/C13H20FN/c1-3-5-10-15-13(4-2)11-8-6-7-9-12(11)14/h6-9,13,15H,3-5,10H2,1-2H3/t13-/m1/s1. The fraction of sp³-hybridized carbons (Fsp3) is 0.538. The van der Waals surface area contributed by atoms with Crippen LogP contribution in [0.3, 0.4) is 0 Å². The lowest BCUT2D eigenvalue weighted by molar-refractivity contribution is 0.481. The first-order valence-corrected chi connectivity index (χ1v) is 5.77. The molecule has 2 heteroatoms. The maximum atomic E-state index is 13.5. The van der Waals surface area contributed by atoms with Gasteiger partial charge in [0.1, 0.15) is 5.82 Å². The predicted molar refractivity (Wildman–Crippen MR) is 62.3 cm³/mol. The van der Waals surface area contributed by atoms with Crippen LogP contribution >= 0.6 is 0 Å². The number of hydrogen-bond acceptors (Lipinski definition) is 1. The summed E-state index contributed by atoms with van der Waals surface area (Å²) < 4.78 is 13.5. The van der Waals surface area contributed by atoms with Gasteiger partial charge in [0.2, 0.25) is 0 Å². The number of halogens is 1. The van der Waals surface area contributed by atoms with E-state index in [1.807, 2.05) is 12.1 Å². The Labute approximate surface area is 91.7 Å². The minimum atomic E-state index is -0.103. The Hall–Kier alpha value is -0.890. The first kappa shape index (κ1) is 12.2. The smallest absolute Gasteiger partial charge is 0.127 e. The molecule has 0 spiro atoms. The van der Waals surface area contributed by atoms with Crippen molar-refractivity contribution >= 4 is 0 Å². The van der Waals surface area contributed by atoms with E-state index < -0.39 is 0 Å². The number of nitrogens with one attached hydrogen (secondary N) is 1. The second kappa shape index (κ2) is 6.57. The van der Waals surface area contributed by atoms with Crippen molar-refractivity contribution in [1.82, 2.24) is 5.32 Å². The highest BCUT2D eigenvalue weighted by Gasteiger charge is 2.11. The van der Waals surface area contributed by atoms with Crippen LogP contribution in [0.5, 0.6) is 0 Å². The molecule has 1 aromatic carbocycles. The van der Waals surface area contributed by atoms with E-state index in [0.29, 0.717) is 0 Å². The number of unbranched alkanes of at least 4 members (excludes halogenated alkanes) is 1. The summed E-state index contributed by atoms with van der Waals surface area (Å²) >= 11 is 0. The minimum absolute atomic E-state index is 0.103. The zero-order valence-corrected chi connectivity index (χ0v) is 9.59. The van der Waals surface area contributed by atoms with E-state index in [1.165, 1.54) is 12.5 Å². The molecule has 0 aromatic heterocycles. The van der Waals surface area contributed by atoms with Gasteiger partial charge in [-0.3, -0.25) is 0 Å². The largest absolute Gasteiger partial charge is 0.310 e. The van der Waals surface area contributed by atoms with Crippen LogP contribution in [0.25, 0.3) is 0 Å². The van der Waals surface area contributed by atoms with Gasteiger partial charge in [-0.05, 0) is 25.5 Å². The molecule has 0 unspecified atom stereocenters. The van der Waals surface area contributed by atoms with Crippen LogP contribution in [-0.2, 0) is 0 Å². The molecule has 0 saturated heterocycles. The van der Waals surface area contributed by atoms with Crippen LogP contribution < -0.4 is 5.32 Å². The molecule has 1 atom stereocenters. The molecule has 0 bridgehead atoms. The molecule has 0 aliphatic rings. The molecular weight excluding hydrogens is 189 g/mol. The van der Waals surface area contributed by atoms with Crippen molar-refractivity contribution < 1.29 is 4.39 Å². The molecule has 0 aliphatic heterocycles. The van der Waals surface area contributed by atoms with Gasteiger partial charge in [-0.25, -0.2) is 4.39 Å². The van der Waals surface area contributed by atoms with E-state index in [4.69, 9.17) is 0 Å². The number of rotatable bonds is 6. The Morgan fingerprint density at radius 3 is 2.60 bits per heavy atom. The second-order valence-electron chi connectivity index (χ2n) is 3.79. The Bertz CT molecular complexity index is 286. The van der Waals surface area contributed by atoms with Crippen LogP contribution in [-0.4, -0.2) is 6.54 Å². The molecule has 84 valence electrons. The Balaban J connectivity index is 2.61. The fourth-order valence-electron chi connectivity index (χ4n) is 1.68. The van der Waals surface area contributed by atoms with Gasteiger partial charge in [-0.2, -0.15) is 0 Å². The van der Waals surface area contributed by atoms with Gasteiger partial charge in [0.05, 0.1) is 0 Å². The SMILES string of the molecule is CCCCN[C@H](CC)c1ccccc1F. The zero-order valence-electron chi connectivity index (χ0n) is 9.59. The topological polar surface area (TPSA) is 12.0 Å². The molecule has 0 saturated carbocycles. The Morgan fingerprint density at radius 2 is 2.00 bits per heavy atom. The van der Waals surface area contributed by atoms with Gasteiger partial charge in [-0.1, -0.05) is 38.5 Å². The summed E-state index contributed by atoms with van der Waals surface area (Å²) in [6.07, 6.45) is 3.23. The van der Waals surface area contributed by atoms with Gasteiger partial charge < -0.3 is 5.32 Å². The summed E-state index contributed by atoms with van der Waals surface area (Å²) in [5.41, 5.74) is 0.788. The maximum absolute atomic E-state index is 13.5. The molecular formula is C13H20FN. The van der Waals surface area contributed by atoms with E-state index in [0.717, 1.165) is 24.9 Å².